The van der Waals surface area contributed by atoms with E-state index in [-0.39, 0.29) is 0 Å². The molecular weight excluding hydrogens is 412 g/mol. The molecule has 0 aromatic rings. The maximum atomic E-state index is 2.82. The van der Waals surface area contributed by atoms with Crippen LogP contribution < -0.4 is 0 Å². The smallest absolute Gasteiger partial charge is 0.0795 e. The summed E-state index contributed by atoms with van der Waals surface area (Å²) in [7, 11) is 0. The van der Waals surface area contributed by atoms with Gasteiger partial charge in [0.25, 0.3) is 0 Å². The second-order valence-electron chi connectivity index (χ2n) is 13.0. The predicted octanol–water partition coefficient (Wildman–Crippen LogP) is 9.20. The summed E-state index contributed by atoms with van der Waals surface area (Å²) in [5.41, 5.74) is 3.06. The molecule has 1 heterocycles. The zero-order valence-electron chi connectivity index (χ0n) is 21.1. The van der Waals surface area contributed by atoms with Crippen LogP contribution in [0.3, 0.4) is 0 Å². The van der Waals surface area contributed by atoms with Crippen molar-refractivity contribution in [3.05, 3.63) is 11.6 Å². The van der Waals surface area contributed by atoms with Crippen LogP contribution in [0.1, 0.15) is 105 Å². The van der Waals surface area contributed by atoms with E-state index < -0.39 is 0 Å². The average Bonchev–Trinajstić information content (AvgIpc) is 3.32. The Balaban J connectivity index is 1.31. The van der Waals surface area contributed by atoms with Crippen LogP contribution in [-0.4, -0.2) is 15.6 Å². The SMILES string of the molecule is CC(C)CCC[C@H](C)[C@H]1CC[C@H]2[C@@H]3CCC4=CC5(CC[C@]4(C)[C@H]3CC[C@]12C)SCCS5. The Morgan fingerprint density at radius 2 is 1.68 bits per heavy atom. The largest absolute Gasteiger partial charge is 0.139 e. The molecule has 3 saturated carbocycles. The molecule has 5 rings (SSSR count). The highest BCUT2D eigenvalue weighted by Crippen LogP contribution is 2.69. The lowest BCUT2D eigenvalue weighted by Crippen LogP contribution is -2.51. The Morgan fingerprint density at radius 1 is 0.903 bits per heavy atom. The molecule has 2 heteroatoms. The molecule has 1 saturated heterocycles. The van der Waals surface area contributed by atoms with Crippen molar-refractivity contribution in [2.45, 2.75) is 109 Å². The van der Waals surface area contributed by atoms with Crippen molar-refractivity contribution >= 4 is 23.5 Å². The summed E-state index contributed by atoms with van der Waals surface area (Å²) in [5, 5.41) is 0. The third-order valence-corrected chi connectivity index (χ3v) is 14.5. The van der Waals surface area contributed by atoms with Crippen LogP contribution in [0, 0.1) is 46.3 Å². The minimum absolute atomic E-state index is 0.467. The molecule has 176 valence electrons. The first kappa shape index (κ1) is 23.2. The molecular formula is C29H48S2. The molecule has 1 spiro atoms. The van der Waals surface area contributed by atoms with E-state index >= 15 is 0 Å². The maximum Gasteiger partial charge on any atom is 0.0795 e. The van der Waals surface area contributed by atoms with Crippen LogP contribution in [0.4, 0.5) is 0 Å². The topological polar surface area (TPSA) is 0 Å². The Hall–Kier alpha value is 0.440. The molecule has 0 bridgehead atoms. The molecule has 31 heavy (non-hydrogen) atoms. The minimum atomic E-state index is 0.467. The molecule has 4 fully saturated rings. The quantitative estimate of drug-likeness (QED) is 0.375. The molecule has 4 aliphatic carbocycles. The molecule has 0 aromatic carbocycles. The number of rotatable bonds is 5. The number of allylic oxidation sites excluding steroid dienone is 1. The normalized spacial score (nSPS) is 44.6. The van der Waals surface area contributed by atoms with Gasteiger partial charge in [-0.05, 0) is 97.7 Å². The van der Waals surface area contributed by atoms with Crippen LogP contribution in [0.15, 0.2) is 11.6 Å². The Kier molecular flexibility index (Phi) is 6.42. The predicted molar refractivity (Wildman–Crippen MR) is 141 cm³/mol. The lowest BCUT2D eigenvalue weighted by atomic mass is 9.46. The first-order valence-electron chi connectivity index (χ1n) is 13.8. The third-order valence-electron chi connectivity index (χ3n) is 11.1. The van der Waals surface area contributed by atoms with Crippen molar-refractivity contribution < 1.29 is 0 Å². The highest BCUT2D eigenvalue weighted by atomic mass is 32.2. The lowest BCUT2D eigenvalue weighted by Gasteiger charge is -2.59. The van der Waals surface area contributed by atoms with Gasteiger partial charge in [0.2, 0.25) is 0 Å². The number of thioether (sulfide) groups is 2. The zero-order chi connectivity index (χ0) is 21.9. The fourth-order valence-corrected chi connectivity index (χ4v) is 12.5. The van der Waals surface area contributed by atoms with Crippen molar-refractivity contribution in [2.75, 3.05) is 11.5 Å². The molecule has 1 aliphatic heterocycles. The summed E-state index contributed by atoms with van der Waals surface area (Å²) in [6.07, 6.45) is 19.1. The molecule has 5 aliphatic rings. The van der Waals surface area contributed by atoms with Crippen LogP contribution >= 0.6 is 23.5 Å². The van der Waals surface area contributed by atoms with Crippen LogP contribution in [-0.2, 0) is 0 Å². The highest BCUT2D eigenvalue weighted by molar-refractivity contribution is 8.21. The van der Waals surface area contributed by atoms with Crippen LogP contribution in [0.25, 0.3) is 0 Å². The van der Waals surface area contributed by atoms with Gasteiger partial charge in [-0.15, -0.1) is 23.5 Å². The molecule has 0 aromatic heterocycles. The van der Waals surface area contributed by atoms with Gasteiger partial charge in [0, 0.05) is 11.5 Å². The van der Waals surface area contributed by atoms with Gasteiger partial charge in [-0.1, -0.05) is 65.5 Å². The van der Waals surface area contributed by atoms with Crippen molar-refractivity contribution in [1.29, 1.82) is 0 Å². The molecule has 7 atom stereocenters. The first-order valence-corrected chi connectivity index (χ1v) is 15.7. The summed E-state index contributed by atoms with van der Waals surface area (Å²) < 4.78 is 0.467. The summed E-state index contributed by atoms with van der Waals surface area (Å²) in [5.74, 6) is 8.56. The third kappa shape index (κ3) is 3.90. The summed E-state index contributed by atoms with van der Waals surface area (Å²) in [4.78, 5) is 0. The summed E-state index contributed by atoms with van der Waals surface area (Å²) >= 11 is 4.52. The van der Waals surface area contributed by atoms with E-state index in [0.717, 1.165) is 35.5 Å². The Labute approximate surface area is 201 Å². The van der Waals surface area contributed by atoms with Crippen LogP contribution in [0.2, 0.25) is 0 Å². The molecule has 0 nitrogen and oxygen atoms in total. The summed E-state index contributed by atoms with van der Waals surface area (Å²) in [6.45, 7) is 12.9. The molecule has 0 radical (unpaired) electrons. The lowest BCUT2D eigenvalue weighted by molar-refractivity contribution is -0.0593. The van der Waals surface area contributed by atoms with Crippen molar-refractivity contribution in [3.63, 3.8) is 0 Å². The standard InChI is InChI=1S/C29H48S2/c1-20(2)7-6-8-21(3)24-11-12-25-23-10-9-22-19-29(30-17-18-31-29)16-15-27(22,4)26(23)13-14-28(24,25)5/h19-21,23-26H,6-18H2,1-5H3/t21-,23-,24+,25-,26-,27-,28+/m0/s1. The van der Waals surface area contributed by atoms with Crippen molar-refractivity contribution in [1.82, 2.24) is 0 Å². The van der Waals surface area contributed by atoms with Crippen molar-refractivity contribution in [3.8, 4) is 0 Å². The van der Waals surface area contributed by atoms with E-state index in [1.54, 1.807) is 6.42 Å². The maximum absolute atomic E-state index is 2.82. The van der Waals surface area contributed by atoms with Gasteiger partial charge < -0.3 is 0 Å². The number of hydrogen-bond donors (Lipinski definition) is 0. The van der Waals surface area contributed by atoms with E-state index in [1.807, 2.05) is 5.57 Å². The van der Waals surface area contributed by atoms with E-state index in [4.69, 9.17) is 0 Å². The van der Waals surface area contributed by atoms with Gasteiger partial charge in [0.1, 0.15) is 0 Å². The summed E-state index contributed by atoms with van der Waals surface area (Å²) in [6, 6.07) is 0. The molecule has 0 amide bonds. The van der Waals surface area contributed by atoms with E-state index in [0.29, 0.717) is 14.9 Å². The van der Waals surface area contributed by atoms with Gasteiger partial charge in [0.15, 0.2) is 0 Å². The second-order valence-corrected chi connectivity index (χ2v) is 16.2. The monoisotopic (exact) mass is 460 g/mol. The van der Waals surface area contributed by atoms with E-state index in [1.165, 1.54) is 75.7 Å². The van der Waals surface area contributed by atoms with Crippen molar-refractivity contribution in [2.24, 2.45) is 46.3 Å². The van der Waals surface area contributed by atoms with Gasteiger partial charge >= 0.3 is 0 Å². The zero-order valence-corrected chi connectivity index (χ0v) is 22.7. The van der Waals surface area contributed by atoms with Gasteiger partial charge in [0.05, 0.1) is 4.08 Å². The average molecular weight is 461 g/mol. The Morgan fingerprint density at radius 3 is 2.42 bits per heavy atom. The van der Waals surface area contributed by atoms with E-state index in [9.17, 15) is 0 Å². The second kappa shape index (κ2) is 8.58. The fourth-order valence-electron chi connectivity index (χ4n) is 9.40. The Bertz CT molecular complexity index is 689. The van der Waals surface area contributed by atoms with Gasteiger partial charge in [-0.3, -0.25) is 0 Å². The number of fused-ring (bicyclic) bond motifs is 5. The first-order chi connectivity index (χ1) is 14.8. The van der Waals surface area contributed by atoms with Crippen LogP contribution in [0.5, 0.6) is 0 Å². The highest BCUT2D eigenvalue weighted by Gasteiger charge is 2.60. The minimum Gasteiger partial charge on any atom is -0.139 e. The fraction of sp³-hybridized carbons (Fsp3) is 0.931. The molecule has 0 N–H and O–H groups in total. The van der Waals surface area contributed by atoms with Gasteiger partial charge in [-0.25, -0.2) is 0 Å². The number of hydrogen-bond acceptors (Lipinski definition) is 2. The van der Waals surface area contributed by atoms with E-state index in [2.05, 4.69) is 64.2 Å². The van der Waals surface area contributed by atoms with Gasteiger partial charge in [-0.2, -0.15) is 0 Å². The molecule has 0 unspecified atom stereocenters.